The van der Waals surface area contributed by atoms with E-state index in [9.17, 15) is 18.8 Å². The lowest BCUT2D eigenvalue weighted by atomic mass is 9.82. The minimum atomic E-state index is -1.47. The molecule has 0 unspecified atom stereocenters. The van der Waals surface area contributed by atoms with Crippen molar-refractivity contribution in [1.82, 2.24) is 10.2 Å². The van der Waals surface area contributed by atoms with Crippen LogP contribution in [0.3, 0.4) is 0 Å². The molecule has 0 bridgehead atoms. The number of urea groups is 1. The molecule has 0 aromatic heterocycles. The third-order valence-corrected chi connectivity index (χ3v) is 5.36. The van der Waals surface area contributed by atoms with E-state index >= 15 is 0 Å². The van der Waals surface area contributed by atoms with Crippen molar-refractivity contribution >= 4 is 23.5 Å². The molecule has 1 fully saturated rings. The highest BCUT2D eigenvalue weighted by atomic mass is 19.1. The van der Waals surface area contributed by atoms with E-state index in [2.05, 4.69) is 10.6 Å². The second-order valence-electron chi connectivity index (χ2n) is 7.23. The van der Waals surface area contributed by atoms with Crippen LogP contribution in [0.1, 0.15) is 18.1 Å². The van der Waals surface area contributed by atoms with Crippen LogP contribution in [0, 0.1) is 5.82 Å². The Hall–Kier alpha value is -4.00. The monoisotopic (exact) mass is 417 g/mol. The zero-order valence-corrected chi connectivity index (χ0v) is 16.7. The van der Waals surface area contributed by atoms with Crippen LogP contribution < -0.4 is 10.6 Å². The number of imide groups is 1. The Labute approximate surface area is 178 Å². The number of amides is 4. The van der Waals surface area contributed by atoms with Crippen LogP contribution in [0.2, 0.25) is 0 Å². The van der Waals surface area contributed by atoms with Crippen molar-refractivity contribution in [2.75, 3.05) is 5.32 Å². The Morgan fingerprint density at radius 2 is 1.42 bits per heavy atom. The third kappa shape index (κ3) is 3.44. The maximum absolute atomic E-state index is 13.9. The zero-order valence-electron chi connectivity index (χ0n) is 16.7. The number of hydrogen-bond acceptors (Lipinski definition) is 3. The van der Waals surface area contributed by atoms with Crippen LogP contribution in [0.5, 0.6) is 0 Å². The Balaban J connectivity index is 1.71. The summed E-state index contributed by atoms with van der Waals surface area (Å²) in [5.41, 5.74) is -0.345. The number of nitrogens with zero attached hydrogens (tertiary/aromatic N) is 1. The lowest BCUT2D eigenvalue weighted by Gasteiger charge is -2.29. The average molecular weight is 417 g/mol. The molecule has 0 saturated carbocycles. The predicted octanol–water partition coefficient (Wildman–Crippen LogP) is 3.65. The summed E-state index contributed by atoms with van der Waals surface area (Å²) >= 11 is 0. The lowest BCUT2D eigenvalue weighted by Crippen LogP contribution is -2.48. The quantitative estimate of drug-likeness (QED) is 0.622. The van der Waals surface area contributed by atoms with Gasteiger partial charge in [-0.05, 0) is 30.2 Å². The van der Waals surface area contributed by atoms with Gasteiger partial charge in [0.25, 0.3) is 5.91 Å². The molecule has 1 heterocycles. The van der Waals surface area contributed by atoms with Crippen LogP contribution in [0.15, 0.2) is 84.9 Å². The zero-order chi connectivity index (χ0) is 22.0. The molecule has 1 aliphatic rings. The van der Waals surface area contributed by atoms with Gasteiger partial charge >= 0.3 is 6.03 Å². The summed E-state index contributed by atoms with van der Waals surface area (Å²) in [6.45, 7) is 1.43. The van der Waals surface area contributed by atoms with Crippen molar-refractivity contribution in [2.24, 2.45) is 0 Å². The van der Waals surface area contributed by atoms with Gasteiger partial charge in [0, 0.05) is 0 Å². The standard InChI is InChI=1S/C24H20FN3O3/c1-16(21(29)26-20-15-9-8-14-19(20)25)28-22(30)24(27-23(28)31,17-10-4-2-5-11-17)18-12-6-3-7-13-18/h2-16H,1H3,(H,26,29)(H,27,31)/t16-/m1/s1. The average Bonchev–Trinajstić information content (AvgIpc) is 3.07. The van der Waals surface area contributed by atoms with Crippen molar-refractivity contribution in [3.8, 4) is 0 Å². The largest absolute Gasteiger partial charge is 0.326 e. The van der Waals surface area contributed by atoms with E-state index in [0.29, 0.717) is 11.1 Å². The number of para-hydroxylation sites is 1. The van der Waals surface area contributed by atoms with Gasteiger partial charge in [-0.2, -0.15) is 0 Å². The number of rotatable bonds is 5. The summed E-state index contributed by atoms with van der Waals surface area (Å²) in [6, 6.07) is 21.5. The van der Waals surface area contributed by atoms with Crippen molar-refractivity contribution < 1.29 is 18.8 Å². The first-order chi connectivity index (χ1) is 14.9. The molecule has 156 valence electrons. The van der Waals surface area contributed by atoms with E-state index in [4.69, 9.17) is 0 Å². The number of anilines is 1. The molecule has 1 atom stereocenters. The first-order valence-electron chi connectivity index (χ1n) is 9.77. The Bertz CT molecular complexity index is 1100. The van der Waals surface area contributed by atoms with Crippen molar-refractivity contribution in [3.63, 3.8) is 0 Å². The van der Waals surface area contributed by atoms with Crippen molar-refractivity contribution in [1.29, 1.82) is 0 Å². The van der Waals surface area contributed by atoms with Crippen molar-refractivity contribution in [3.05, 3.63) is 102 Å². The van der Waals surface area contributed by atoms with Gasteiger partial charge in [-0.3, -0.25) is 9.59 Å². The van der Waals surface area contributed by atoms with Crippen LogP contribution in [-0.4, -0.2) is 28.8 Å². The van der Waals surface area contributed by atoms with E-state index in [1.54, 1.807) is 54.6 Å². The highest BCUT2D eigenvalue weighted by Gasteiger charge is 2.55. The molecule has 31 heavy (non-hydrogen) atoms. The first kappa shape index (κ1) is 20.3. The second-order valence-corrected chi connectivity index (χ2v) is 7.23. The smallest absolute Gasteiger partial charge is 0.322 e. The van der Waals surface area contributed by atoms with E-state index in [0.717, 1.165) is 4.90 Å². The fourth-order valence-electron chi connectivity index (χ4n) is 3.75. The molecule has 3 aromatic carbocycles. The van der Waals surface area contributed by atoms with Gasteiger partial charge in [0.1, 0.15) is 11.9 Å². The van der Waals surface area contributed by atoms with Gasteiger partial charge in [0.15, 0.2) is 5.54 Å². The van der Waals surface area contributed by atoms with Crippen LogP contribution in [0.25, 0.3) is 0 Å². The molecule has 4 amide bonds. The third-order valence-electron chi connectivity index (χ3n) is 5.36. The molecule has 0 radical (unpaired) electrons. The van der Waals surface area contributed by atoms with E-state index in [1.165, 1.54) is 25.1 Å². The van der Waals surface area contributed by atoms with Gasteiger partial charge in [-0.25, -0.2) is 14.1 Å². The Kier molecular flexibility index (Phi) is 5.25. The highest BCUT2D eigenvalue weighted by molar-refractivity contribution is 6.13. The van der Waals surface area contributed by atoms with Crippen LogP contribution in [-0.2, 0) is 15.1 Å². The molecule has 4 rings (SSSR count). The Morgan fingerprint density at radius 1 is 0.903 bits per heavy atom. The number of nitrogens with one attached hydrogen (secondary N) is 2. The molecule has 2 N–H and O–H groups in total. The Morgan fingerprint density at radius 3 is 1.97 bits per heavy atom. The van der Waals surface area contributed by atoms with Crippen molar-refractivity contribution in [2.45, 2.75) is 18.5 Å². The number of halogens is 1. The number of benzene rings is 3. The van der Waals surface area contributed by atoms with E-state index < -0.39 is 35.2 Å². The normalized spacial score (nSPS) is 16.0. The topological polar surface area (TPSA) is 78.5 Å². The van der Waals surface area contributed by atoms with Crippen LogP contribution in [0.4, 0.5) is 14.9 Å². The number of carbonyl (C=O) groups is 3. The molecule has 1 saturated heterocycles. The van der Waals surface area contributed by atoms with E-state index in [-0.39, 0.29) is 5.69 Å². The molecule has 7 heteroatoms. The van der Waals surface area contributed by atoms with Crippen LogP contribution >= 0.6 is 0 Å². The van der Waals surface area contributed by atoms with Gasteiger partial charge in [-0.15, -0.1) is 0 Å². The van der Waals surface area contributed by atoms with E-state index in [1.807, 2.05) is 12.1 Å². The highest BCUT2D eigenvalue weighted by Crippen LogP contribution is 2.36. The summed E-state index contributed by atoms with van der Waals surface area (Å²) in [6.07, 6.45) is 0. The SMILES string of the molecule is C[C@H](C(=O)Nc1ccccc1F)N1C(=O)NC(c2ccccc2)(c2ccccc2)C1=O. The number of carbonyl (C=O) groups excluding carboxylic acids is 3. The predicted molar refractivity (Wildman–Crippen MR) is 114 cm³/mol. The van der Waals surface area contributed by atoms with Gasteiger partial charge in [0.05, 0.1) is 5.69 Å². The number of hydrogen-bond donors (Lipinski definition) is 2. The summed E-state index contributed by atoms with van der Waals surface area (Å²) in [5, 5.41) is 5.24. The molecule has 6 nitrogen and oxygen atoms in total. The molecule has 3 aromatic rings. The molecular formula is C24H20FN3O3. The minimum absolute atomic E-state index is 0.0243. The van der Waals surface area contributed by atoms with Gasteiger partial charge in [-0.1, -0.05) is 72.8 Å². The maximum Gasteiger partial charge on any atom is 0.326 e. The summed E-state index contributed by atoms with van der Waals surface area (Å²) in [4.78, 5) is 40.3. The van der Waals surface area contributed by atoms with Gasteiger partial charge < -0.3 is 10.6 Å². The second kappa shape index (κ2) is 8.02. The fraction of sp³-hybridized carbons (Fsp3) is 0.125. The maximum atomic E-state index is 13.9. The lowest BCUT2D eigenvalue weighted by molar-refractivity contribution is -0.135. The summed E-state index contributed by atoms with van der Waals surface area (Å²) < 4.78 is 13.9. The minimum Gasteiger partial charge on any atom is -0.322 e. The van der Waals surface area contributed by atoms with Gasteiger partial charge in [0.2, 0.25) is 5.91 Å². The molecule has 0 spiro atoms. The molecular weight excluding hydrogens is 397 g/mol. The molecule has 1 aliphatic heterocycles. The summed E-state index contributed by atoms with van der Waals surface area (Å²) in [5.74, 6) is -1.86. The summed E-state index contributed by atoms with van der Waals surface area (Å²) in [7, 11) is 0. The first-order valence-corrected chi connectivity index (χ1v) is 9.77. The fourth-order valence-corrected chi connectivity index (χ4v) is 3.75. The molecule has 0 aliphatic carbocycles.